The van der Waals surface area contributed by atoms with Gasteiger partial charge in [-0.25, -0.2) is 4.39 Å². The van der Waals surface area contributed by atoms with E-state index in [-0.39, 0.29) is 11.9 Å². The largest absolute Gasteiger partial charge is 0.313 e. The summed E-state index contributed by atoms with van der Waals surface area (Å²) in [5.41, 5.74) is 1.33. The van der Waals surface area contributed by atoms with Crippen molar-refractivity contribution >= 4 is 34.8 Å². The van der Waals surface area contributed by atoms with Crippen LogP contribution in [-0.4, -0.2) is 7.05 Å². The van der Waals surface area contributed by atoms with Crippen molar-refractivity contribution in [1.82, 2.24) is 5.32 Å². The highest BCUT2D eigenvalue weighted by molar-refractivity contribution is 6.35. The van der Waals surface area contributed by atoms with Gasteiger partial charge in [-0.05, 0) is 43.3 Å². The maximum absolute atomic E-state index is 14.0. The van der Waals surface area contributed by atoms with E-state index in [2.05, 4.69) is 5.32 Å². The van der Waals surface area contributed by atoms with E-state index >= 15 is 0 Å². The van der Waals surface area contributed by atoms with Gasteiger partial charge >= 0.3 is 0 Å². The molecular formula is C15H13Cl3FN. The summed E-state index contributed by atoms with van der Waals surface area (Å²) >= 11 is 18.1. The van der Waals surface area contributed by atoms with E-state index in [0.29, 0.717) is 27.1 Å². The van der Waals surface area contributed by atoms with Gasteiger partial charge in [-0.15, -0.1) is 0 Å². The van der Waals surface area contributed by atoms with Crippen molar-refractivity contribution in [2.24, 2.45) is 0 Å². The van der Waals surface area contributed by atoms with Gasteiger partial charge in [-0.2, -0.15) is 0 Å². The van der Waals surface area contributed by atoms with Crippen molar-refractivity contribution < 1.29 is 4.39 Å². The molecule has 106 valence electrons. The summed E-state index contributed by atoms with van der Waals surface area (Å²) in [6, 6.07) is 9.67. The second kappa shape index (κ2) is 6.77. The van der Waals surface area contributed by atoms with Crippen LogP contribution in [0.3, 0.4) is 0 Å². The summed E-state index contributed by atoms with van der Waals surface area (Å²) in [4.78, 5) is 0. The van der Waals surface area contributed by atoms with Crippen molar-refractivity contribution in [3.8, 4) is 0 Å². The lowest BCUT2D eigenvalue weighted by Crippen LogP contribution is -2.20. The Kier molecular flexibility index (Phi) is 5.28. The van der Waals surface area contributed by atoms with Gasteiger partial charge in [0.25, 0.3) is 0 Å². The molecule has 1 unspecified atom stereocenters. The molecule has 0 aliphatic carbocycles. The maximum atomic E-state index is 14.0. The Morgan fingerprint density at radius 3 is 2.45 bits per heavy atom. The van der Waals surface area contributed by atoms with Crippen LogP contribution in [0.15, 0.2) is 36.4 Å². The quantitative estimate of drug-likeness (QED) is 0.802. The molecule has 1 nitrogen and oxygen atoms in total. The summed E-state index contributed by atoms with van der Waals surface area (Å²) < 4.78 is 14.0. The van der Waals surface area contributed by atoms with Crippen molar-refractivity contribution in [2.45, 2.75) is 12.5 Å². The second-order valence-electron chi connectivity index (χ2n) is 4.42. The molecule has 20 heavy (non-hydrogen) atoms. The summed E-state index contributed by atoms with van der Waals surface area (Å²) in [6.07, 6.45) is 0.521. The Labute approximate surface area is 132 Å². The summed E-state index contributed by atoms with van der Waals surface area (Å²) in [6.45, 7) is 0. The van der Waals surface area contributed by atoms with Gasteiger partial charge in [0.05, 0.1) is 0 Å². The minimum absolute atomic E-state index is 0.262. The molecule has 0 fully saturated rings. The highest BCUT2D eigenvalue weighted by Gasteiger charge is 2.19. The van der Waals surface area contributed by atoms with Gasteiger partial charge in [0.1, 0.15) is 5.82 Å². The molecule has 0 aliphatic rings. The number of likely N-dealkylation sites (N-methyl/N-ethyl adjacent to an activating group) is 1. The van der Waals surface area contributed by atoms with E-state index in [1.54, 1.807) is 31.3 Å². The Morgan fingerprint density at radius 1 is 1.10 bits per heavy atom. The zero-order valence-corrected chi connectivity index (χ0v) is 13.0. The van der Waals surface area contributed by atoms with Crippen LogP contribution < -0.4 is 5.32 Å². The third-order valence-electron chi connectivity index (χ3n) is 3.14. The molecule has 2 rings (SSSR count). The second-order valence-corrected chi connectivity index (χ2v) is 5.67. The number of nitrogens with one attached hydrogen (secondary N) is 1. The number of hydrogen-bond acceptors (Lipinski definition) is 1. The fourth-order valence-corrected chi connectivity index (χ4v) is 2.88. The van der Waals surface area contributed by atoms with E-state index in [0.717, 1.165) is 5.56 Å². The molecule has 0 radical (unpaired) electrons. The van der Waals surface area contributed by atoms with Crippen LogP contribution >= 0.6 is 34.8 Å². The SMILES string of the molecule is CNC(Cc1ccc(Cl)cc1Cl)c1c(F)cccc1Cl. The van der Waals surface area contributed by atoms with Crippen LogP contribution in [0.4, 0.5) is 4.39 Å². The third kappa shape index (κ3) is 3.44. The Hall–Kier alpha value is -0.800. The third-order valence-corrected chi connectivity index (χ3v) is 4.05. The van der Waals surface area contributed by atoms with Crippen molar-refractivity contribution in [3.63, 3.8) is 0 Å². The molecule has 5 heteroatoms. The van der Waals surface area contributed by atoms with Crippen LogP contribution in [0.2, 0.25) is 15.1 Å². The smallest absolute Gasteiger partial charge is 0.129 e. The van der Waals surface area contributed by atoms with E-state index in [9.17, 15) is 4.39 Å². The predicted octanol–water partition coefficient (Wildman–Crippen LogP) is 5.29. The highest BCUT2D eigenvalue weighted by Crippen LogP contribution is 2.30. The van der Waals surface area contributed by atoms with Crippen LogP contribution in [0.1, 0.15) is 17.2 Å². The zero-order valence-electron chi connectivity index (χ0n) is 10.8. The molecule has 0 bridgehead atoms. The topological polar surface area (TPSA) is 12.0 Å². The zero-order chi connectivity index (χ0) is 14.7. The van der Waals surface area contributed by atoms with Crippen molar-refractivity contribution in [1.29, 1.82) is 0 Å². The molecule has 0 heterocycles. The summed E-state index contributed by atoms with van der Waals surface area (Å²) in [7, 11) is 1.76. The monoisotopic (exact) mass is 331 g/mol. The van der Waals surface area contributed by atoms with Crippen LogP contribution in [0.25, 0.3) is 0 Å². The van der Waals surface area contributed by atoms with Gasteiger partial charge < -0.3 is 5.32 Å². The highest BCUT2D eigenvalue weighted by atomic mass is 35.5. The predicted molar refractivity (Wildman–Crippen MR) is 83.4 cm³/mol. The van der Waals surface area contributed by atoms with Crippen LogP contribution in [0.5, 0.6) is 0 Å². The molecule has 1 atom stereocenters. The molecular weight excluding hydrogens is 320 g/mol. The average molecular weight is 333 g/mol. The molecule has 2 aromatic carbocycles. The Morgan fingerprint density at radius 2 is 1.85 bits per heavy atom. The average Bonchev–Trinajstić information content (AvgIpc) is 2.39. The molecule has 0 aromatic heterocycles. The normalized spacial score (nSPS) is 12.4. The minimum Gasteiger partial charge on any atom is -0.313 e. The number of rotatable bonds is 4. The molecule has 0 saturated carbocycles. The molecule has 0 aliphatic heterocycles. The molecule has 0 saturated heterocycles. The lowest BCUT2D eigenvalue weighted by atomic mass is 9.98. The number of hydrogen-bond donors (Lipinski definition) is 1. The van der Waals surface area contributed by atoms with E-state index in [1.807, 2.05) is 6.07 Å². The molecule has 0 amide bonds. The molecule has 2 aromatic rings. The van der Waals surface area contributed by atoms with Crippen LogP contribution in [0, 0.1) is 5.82 Å². The lowest BCUT2D eigenvalue weighted by Gasteiger charge is -2.19. The maximum Gasteiger partial charge on any atom is 0.129 e. The summed E-state index contributed by atoms with van der Waals surface area (Å²) in [5.74, 6) is -0.332. The molecule has 0 spiro atoms. The first-order valence-corrected chi connectivity index (χ1v) is 7.21. The first kappa shape index (κ1) is 15.6. The Bertz CT molecular complexity index is 596. The number of halogens is 4. The first-order valence-electron chi connectivity index (χ1n) is 6.08. The van der Waals surface area contributed by atoms with E-state index < -0.39 is 0 Å². The van der Waals surface area contributed by atoms with Crippen molar-refractivity contribution in [2.75, 3.05) is 7.05 Å². The molecule has 1 N–H and O–H groups in total. The van der Waals surface area contributed by atoms with Crippen LogP contribution in [-0.2, 0) is 6.42 Å². The van der Waals surface area contributed by atoms with E-state index in [1.165, 1.54) is 6.07 Å². The van der Waals surface area contributed by atoms with Gasteiger partial charge in [0, 0.05) is 26.7 Å². The first-order chi connectivity index (χ1) is 9.52. The van der Waals surface area contributed by atoms with Gasteiger partial charge in [0.15, 0.2) is 0 Å². The van der Waals surface area contributed by atoms with E-state index in [4.69, 9.17) is 34.8 Å². The van der Waals surface area contributed by atoms with Crippen molar-refractivity contribution in [3.05, 3.63) is 68.4 Å². The fourth-order valence-electron chi connectivity index (χ4n) is 2.10. The fraction of sp³-hybridized carbons (Fsp3) is 0.200. The minimum atomic E-state index is -0.332. The Balaban J connectivity index is 2.34. The van der Waals surface area contributed by atoms with Gasteiger partial charge in [-0.3, -0.25) is 0 Å². The van der Waals surface area contributed by atoms with Gasteiger partial charge in [0.2, 0.25) is 0 Å². The standard InChI is InChI=1S/C15H13Cl3FN/c1-20-14(15-11(17)3-2-4-13(15)19)7-9-5-6-10(16)8-12(9)18/h2-6,8,14,20H,7H2,1H3. The lowest BCUT2D eigenvalue weighted by molar-refractivity contribution is 0.534. The summed E-state index contributed by atoms with van der Waals surface area (Å²) in [5, 5.41) is 4.61. The van der Waals surface area contributed by atoms with Gasteiger partial charge in [-0.1, -0.05) is 46.9 Å². The number of benzene rings is 2.